The summed E-state index contributed by atoms with van der Waals surface area (Å²) in [7, 11) is -2.38. The fourth-order valence-corrected chi connectivity index (χ4v) is 4.47. The van der Waals surface area contributed by atoms with E-state index in [9.17, 15) is 18.0 Å². The molecule has 0 aliphatic heterocycles. The number of amides is 2. The molecule has 0 saturated heterocycles. The van der Waals surface area contributed by atoms with Gasteiger partial charge in [0.2, 0.25) is 21.8 Å². The lowest BCUT2D eigenvalue weighted by molar-refractivity contribution is -0.139. The first-order valence-corrected chi connectivity index (χ1v) is 13.6. The van der Waals surface area contributed by atoms with Crippen molar-refractivity contribution in [3.63, 3.8) is 0 Å². The molecular formula is C26H37N3O5S. The van der Waals surface area contributed by atoms with E-state index in [-0.39, 0.29) is 24.2 Å². The van der Waals surface area contributed by atoms with Crippen molar-refractivity contribution in [2.45, 2.75) is 52.6 Å². The second kappa shape index (κ2) is 12.6. The molecule has 2 atom stereocenters. The number of rotatable bonds is 12. The van der Waals surface area contributed by atoms with Crippen molar-refractivity contribution in [3.05, 3.63) is 59.7 Å². The Balaban J connectivity index is 2.38. The maximum absolute atomic E-state index is 13.6. The van der Waals surface area contributed by atoms with Crippen LogP contribution in [0.4, 0.5) is 5.69 Å². The molecule has 0 radical (unpaired) electrons. The van der Waals surface area contributed by atoms with Crippen LogP contribution >= 0.6 is 0 Å². The Labute approximate surface area is 209 Å². The highest BCUT2D eigenvalue weighted by Gasteiger charge is 2.31. The molecule has 8 nitrogen and oxygen atoms in total. The number of sulfonamides is 1. The summed E-state index contributed by atoms with van der Waals surface area (Å²) in [4.78, 5) is 27.9. The van der Waals surface area contributed by atoms with Crippen molar-refractivity contribution >= 4 is 27.5 Å². The summed E-state index contributed by atoms with van der Waals surface area (Å²) in [5.74, 6) is -0.409. The Kier molecular flexibility index (Phi) is 10.1. The van der Waals surface area contributed by atoms with Gasteiger partial charge in [-0.1, -0.05) is 43.3 Å². The molecule has 0 aliphatic rings. The fraction of sp³-hybridized carbons (Fsp3) is 0.462. The molecule has 2 rings (SSSR count). The van der Waals surface area contributed by atoms with Crippen LogP contribution < -0.4 is 14.4 Å². The van der Waals surface area contributed by atoms with Gasteiger partial charge in [-0.3, -0.25) is 13.9 Å². The minimum Gasteiger partial charge on any atom is -0.495 e. The van der Waals surface area contributed by atoms with Crippen LogP contribution in [-0.4, -0.2) is 63.7 Å². The molecule has 0 bridgehead atoms. The summed E-state index contributed by atoms with van der Waals surface area (Å²) < 4.78 is 31.9. The molecule has 2 aromatic rings. The van der Waals surface area contributed by atoms with Gasteiger partial charge in [0, 0.05) is 12.6 Å². The van der Waals surface area contributed by atoms with Crippen molar-refractivity contribution in [3.8, 4) is 5.75 Å². The average Bonchev–Trinajstić information content (AvgIpc) is 2.82. The third kappa shape index (κ3) is 7.99. The largest absolute Gasteiger partial charge is 0.495 e. The maximum Gasteiger partial charge on any atom is 0.244 e. The molecule has 2 amide bonds. The number of hydrogen-bond acceptors (Lipinski definition) is 5. The van der Waals surface area contributed by atoms with Crippen LogP contribution in [0.3, 0.4) is 0 Å². The topological polar surface area (TPSA) is 96.0 Å². The number of benzene rings is 2. The summed E-state index contributed by atoms with van der Waals surface area (Å²) in [6, 6.07) is 14.0. The Hall–Kier alpha value is -3.07. The molecular weight excluding hydrogens is 466 g/mol. The van der Waals surface area contributed by atoms with E-state index in [2.05, 4.69) is 5.32 Å². The second-order valence-corrected chi connectivity index (χ2v) is 10.7. The highest BCUT2D eigenvalue weighted by Crippen LogP contribution is 2.31. The van der Waals surface area contributed by atoms with Gasteiger partial charge in [0.05, 0.1) is 19.1 Å². The summed E-state index contributed by atoms with van der Waals surface area (Å²) in [6.45, 7) is 7.18. The van der Waals surface area contributed by atoms with Gasteiger partial charge in [-0.25, -0.2) is 8.42 Å². The summed E-state index contributed by atoms with van der Waals surface area (Å²) in [5, 5.41) is 2.92. The number of nitrogens with one attached hydrogen (secondary N) is 1. The lowest BCUT2D eigenvalue weighted by atomic mass is 10.1. The number of carbonyl (C=O) groups excluding carboxylic acids is 2. The lowest BCUT2D eigenvalue weighted by Gasteiger charge is -2.32. The first-order valence-electron chi connectivity index (χ1n) is 11.7. The van der Waals surface area contributed by atoms with Crippen molar-refractivity contribution < 1.29 is 22.7 Å². The third-order valence-electron chi connectivity index (χ3n) is 5.93. The van der Waals surface area contributed by atoms with Gasteiger partial charge in [-0.05, 0) is 56.9 Å². The Morgan fingerprint density at radius 1 is 1.09 bits per heavy atom. The van der Waals surface area contributed by atoms with Crippen LogP contribution in [0, 0.1) is 6.92 Å². The van der Waals surface area contributed by atoms with Crippen molar-refractivity contribution in [2.75, 3.05) is 30.8 Å². The molecule has 1 N–H and O–H groups in total. The first-order chi connectivity index (χ1) is 16.5. The highest BCUT2D eigenvalue weighted by molar-refractivity contribution is 7.92. The zero-order chi connectivity index (χ0) is 26.2. The summed E-state index contributed by atoms with van der Waals surface area (Å²) in [5.41, 5.74) is 2.12. The van der Waals surface area contributed by atoms with E-state index in [4.69, 9.17) is 4.74 Å². The maximum atomic E-state index is 13.6. The smallest absolute Gasteiger partial charge is 0.244 e. The van der Waals surface area contributed by atoms with Crippen LogP contribution in [0.1, 0.15) is 38.3 Å². The number of nitrogens with zero attached hydrogens (tertiary/aromatic N) is 2. The minimum absolute atomic E-state index is 0.0416. The minimum atomic E-state index is -3.83. The fourth-order valence-electron chi connectivity index (χ4n) is 3.63. The van der Waals surface area contributed by atoms with E-state index >= 15 is 0 Å². The Morgan fingerprint density at radius 3 is 2.31 bits per heavy atom. The van der Waals surface area contributed by atoms with Crippen LogP contribution in [0.2, 0.25) is 0 Å². The molecule has 0 aromatic heterocycles. The number of ether oxygens (including phenoxy) is 1. The predicted octanol–water partition coefficient (Wildman–Crippen LogP) is 3.14. The average molecular weight is 504 g/mol. The SMILES string of the molecule is CCC(C)NC(=O)C(C)N(CCc1ccccc1)C(=O)CN(c1cc(C)ccc1OC)S(C)(=O)=O. The highest BCUT2D eigenvalue weighted by atomic mass is 32.2. The summed E-state index contributed by atoms with van der Waals surface area (Å²) in [6.07, 6.45) is 2.33. The standard InChI is InChI=1S/C26H37N3O5S/c1-7-20(3)27-26(31)21(4)28(16-15-22-11-9-8-10-12-22)25(30)18-29(35(6,32)33)23-17-19(2)13-14-24(23)34-5/h8-14,17,20-21H,7,15-16,18H2,1-6H3,(H,27,31). The molecule has 0 aliphatic carbocycles. The number of carbonyl (C=O) groups is 2. The number of methoxy groups -OCH3 is 1. The van der Waals surface area contributed by atoms with E-state index in [1.165, 1.54) is 12.0 Å². The molecule has 0 heterocycles. The Bertz CT molecular complexity index is 1110. The van der Waals surface area contributed by atoms with Gasteiger partial charge in [0.15, 0.2) is 0 Å². The van der Waals surface area contributed by atoms with Gasteiger partial charge in [0.25, 0.3) is 0 Å². The molecule has 0 fully saturated rings. The van der Waals surface area contributed by atoms with Crippen molar-refractivity contribution in [1.82, 2.24) is 10.2 Å². The molecule has 0 spiro atoms. The molecule has 2 unspecified atom stereocenters. The van der Waals surface area contributed by atoms with Crippen molar-refractivity contribution in [1.29, 1.82) is 0 Å². The molecule has 2 aromatic carbocycles. The monoisotopic (exact) mass is 503 g/mol. The van der Waals surface area contributed by atoms with Crippen LogP contribution in [0.25, 0.3) is 0 Å². The molecule has 35 heavy (non-hydrogen) atoms. The Morgan fingerprint density at radius 2 is 1.74 bits per heavy atom. The van der Waals surface area contributed by atoms with Gasteiger partial charge in [0.1, 0.15) is 18.3 Å². The van der Waals surface area contributed by atoms with Crippen molar-refractivity contribution in [2.24, 2.45) is 0 Å². The third-order valence-corrected chi connectivity index (χ3v) is 7.06. The van der Waals surface area contributed by atoms with Gasteiger partial charge in [-0.2, -0.15) is 0 Å². The van der Waals surface area contributed by atoms with E-state index < -0.39 is 28.5 Å². The van der Waals surface area contributed by atoms with Crippen LogP contribution in [0.15, 0.2) is 48.5 Å². The van der Waals surface area contributed by atoms with Gasteiger partial charge < -0.3 is 15.0 Å². The number of aryl methyl sites for hydroxylation is 1. The van der Waals surface area contributed by atoms with Gasteiger partial charge in [-0.15, -0.1) is 0 Å². The van der Waals surface area contributed by atoms with E-state index in [0.29, 0.717) is 12.2 Å². The van der Waals surface area contributed by atoms with Gasteiger partial charge >= 0.3 is 0 Å². The first kappa shape index (κ1) is 28.2. The second-order valence-electron chi connectivity index (χ2n) is 8.76. The quantitative estimate of drug-likeness (QED) is 0.480. The van der Waals surface area contributed by atoms with Crippen LogP contribution in [-0.2, 0) is 26.0 Å². The van der Waals surface area contributed by atoms with Crippen LogP contribution in [0.5, 0.6) is 5.75 Å². The van der Waals surface area contributed by atoms with E-state index in [1.807, 2.05) is 51.1 Å². The summed E-state index contributed by atoms with van der Waals surface area (Å²) >= 11 is 0. The zero-order valence-corrected chi connectivity index (χ0v) is 22.3. The normalized spacial score (nSPS) is 13.0. The number of anilines is 1. The molecule has 192 valence electrons. The lowest BCUT2D eigenvalue weighted by Crippen LogP contribution is -2.53. The van der Waals surface area contributed by atoms with E-state index in [1.54, 1.807) is 25.1 Å². The predicted molar refractivity (Wildman–Crippen MR) is 139 cm³/mol. The zero-order valence-electron chi connectivity index (χ0n) is 21.4. The molecule has 0 saturated carbocycles. The number of hydrogen-bond donors (Lipinski definition) is 1. The molecule has 9 heteroatoms. The van der Waals surface area contributed by atoms with E-state index in [0.717, 1.165) is 28.1 Å².